The zero-order valence-corrected chi connectivity index (χ0v) is 11.8. The lowest BCUT2D eigenvalue weighted by Gasteiger charge is -2.12. The molecule has 0 aliphatic carbocycles. The Kier molecular flexibility index (Phi) is 5.69. The van der Waals surface area contributed by atoms with Crippen molar-refractivity contribution in [3.05, 3.63) is 28.8 Å². The van der Waals surface area contributed by atoms with Crippen molar-refractivity contribution in [2.75, 3.05) is 13.7 Å². The van der Waals surface area contributed by atoms with Gasteiger partial charge in [0.05, 0.1) is 13.5 Å². The molecule has 0 atom stereocenters. The Morgan fingerprint density at radius 2 is 2.06 bits per heavy atom. The fourth-order valence-electron chi connectivity index (χ4n) is 2.11. The van der Waals surface area contributed by atoms with Crippen LogP contribution in [0.25, 0.3) is 0 Å². The van der Waals surface area contributed by atoms with Crippen molar-refractivity contribution >= 4 is 5.91 Å². The summed E-state index contributed by atoms with van der Waals surface area (Å²) in [5.74, 6) is 0.887. The van der Waals surface area contributed by atoms with Crippen LogP contribution in [0.2, 0.25) is 0 Å². The maximum Gasteiger partial charge on any atom is 0.224 e. The molecule has 1 aromatic carbocycles. The van der Waals surface area contributed by atoms with E-state index in [-0.39, 0.29) is 5.91 Å². The number of carbonyl (C=O) groups excluding carboxylic acids is 1. The predicted molar refractivity (Wildman–Crippen MR) is 74.1 cm³/mol. The van der Waals surface area contributed by atoms with Gasteiger partial charge in [-0.15, -0.1) is 0 Å². The van der Waals surface area contributed by atoms with Crippen LogP contribution in [0.3, 0.4) is 0 Å². The number of methoxy groups -OCH3 is 1. The molecule has 0 heterocycles. The van der Waals surface area contributed by atoms with Crippen LogP contribution in [-0.4, -0.2) is 19.6 Å². The van der Waals surface area contributed by atoms with Gasteiger partial charge in [0.25, 0.3) is 0 Å². The maximum atomic E-state index is 11.8. The van der Waals surface area contributed by atoms with E-state index in [1.54, 1.807) is 7.11 Å². The Labute approximate surface area is 110 Å². The molecule has 0 unspecified atom stereocenters. The van der Waals surface area contributed by atoms with Crippen molar-refractivity contribution in [3.63, 3.8) is 0 Å². The number of ether oxygens (including phenoxy) is 1. The van der Waals surface area contributed by atoms with Gasteiger partial charge in [0.2, 0.25) is 5.91 Å². The number of carbonyl (C=O) groups is 1. The summed E-state index contributed by atoms with van der Waals surface area (Å²) in [4.78, 5) is 11.8. The molecule has 1 aromatic rings. The largest absolute Gasteiger partial charge is 0.496 e. The molecule has 0 aliphatic heterocycles. The number of unbranched alkanes of at least 4 members (excludes halogenated alkanes) is 1. The first-order valence-corrected chi connectivity index (χ1v) is 6.49. The van der Waals surface area contributed by atoms with Gasteiger partial charge < -0.3 is 10.1 Å². The maximum absolute atomic E-state index is 11.8. The number of benzene rings is 1. The second-order valence-electron chi connectivity index (χ2n) is 4.65. The first-order chi connectivity index (χ1) is 8.58. The molecule has 100 valence electrons. The summed E-state index contributed by atoms with van der Waals surface area (Å²) in [6, 6.07) is 4.09. The molecular weight excluding hydrogens is 226 g/mol. The smallest absolute Gasteiger partial charge is 0.224 e. The molecule has 0 saturated carbocycles. The van der Waals surface area contributed by atoms with E-state index in [1.165, 1.54) is 0 Å². The van der Waals surface area contributed by atoms with Crippen LogP contribution in [0, 0.1) is 13.8 Å². The Hall–Kier alpha value is -1.51. The molecule has 0 aliphatic rings. The van der Waals surface area contributed by atoms with Crippen molar-refractivity contribution in [2.45, 2.75) is 40.0 Å². The van der Waals surface area contributed by atoms with Gasteiger partial charge in [-0.3, -0.25) is 4.79 Å². The summed E-state index contributed by atoms with van der Waals surface area (Å²) in [5.41, 5.74) is 3.20. The Morgan fingerprint density at radius 1 is 1.33 bits per heavy atom. The molecular formula is C15H23NO2. The van der Waals surface area contributed by atoms with Crippen molar-refractivity contribution in [1.82, 2.24) is 5.32 Å². The second kappa shape index (κ2) is 7.04. The van der Waals surface area contributed by atoms with Gasteiger partial charge in [-0.1, -0.05) is 31.0 Å². The van der Waals surface area contributed by atoms with Gasteiger partial charge in [-0.05, 0) is 25.8 Å². The minimum absolute atomic E-state index is 0.0618. The fourth-order valence-corrected chi connectivity index (χ4v) is 2.11. The van der Waals surface area contributed by atoms with Crippen LogP contribution >= 0.6 is 0 Å². The molecule has 3 heteroatoms. The minimum Gasteiger partial charge on any atom is -0.496 e. The van der Waals surface area contributed by atoms with Gasteiger partial charge in [-0.25, -0.2) is 0 Å². The van der Waals surface area contributed by atoms with E-state index in [0.29, 0.717) is 6.42 Å². The van der Waals surface area contributed by atoms with Crippen LogP contribution in [-0.2, 0) is 11.2 Å². The lowest BCUT2D eigenvalue weighted by Crippen LogP contribution is -2.26. The summed E-state index contributed by atoms with van der Waals surface area (Å²) in [6.07, 6.45) is 2.50. The highest BCUT2D eigenvalue weighted by molar-refractivity contribution is 5.79. The van der Waals surface area contributed by atoms with Crippen LogP contribution in [0.1, 0.15) is 36.5 Å². The molecule has 0 spiro atoms. The average molecular weight is 249 g/mol. The zero-order chi connectivity index (χ0) is 13.5. The highest BCUT2D eigenvalue weighted by Gasteiger charge is 2.11. The monoisotopic (exact) mass is 249 g/mol. The SMILES string of the molecule is CCCCNC(=O)Cc1cc(C)cc(C)c1OC. The van der Waals surface area contributed by atoms with Crippen molar-refractivity contribution in [2.24, 2.45) is 0 Å². The molecule has 1 amide bonds. The lowest BCUT2D eigenvalue weighted by atomic mass is 10.0. The van der Waals surface area contributed by atoms with Gasteiger partial charge >= 0.3 is 0 Å². The van der Waals surface area contributed by atoms with Gasteiger partial charge in [0.15, 0.2) is 0 Å². The normalized spacial score (nSPS) is 10.2. The zero-order valence-electron chi connectivity index (χ0n) is 11.8. The third kappa shape index (κ3) is 4.06. The molecule has 0 aromatic heterocycles. The molecule has 0 bridgehead atoms. The second-order valence-corrected chi connectivity index (χ2v) is 4.65. The van der Waals surface area contributed by atoms with E-state index in [1.807, 2.05) is 19.9 Å². The first kappa shape index (κ1) is 14.6. The van der Waals surface area contributed by atoms with Gasteiger partial charge in [-0.2, -0.15) is 0 Å². The summed E-state index contributed by atoms with van der Waals surface area (Å²) in [6.45, 7) is 6.90. The van der Waals surface area contributed by atoms with E-state index in [0.717, 1.165) is 41.8 Å². The Balaban J connectivity index is 2.74. The topological polar surface area (TPSA) is 38.3 Å². The molecule has 18 heavy (non-hydrogen) atoms. The van der Waals surface area contributed by atoms with E-state index in [2.05, 4.69) is 18.3 Å². The molecule has 0 fully saturated rings. The van der Waals surface area contributed by atoms with E-state index >= 15 is 0 Å². The number of nitrogens with one attached hydrogen (secondary N) is 1. The van der Waals surface area contributed by atoms with Crippen LogP contribution in [0.5, 0.6) is 5.75 Å². The predicted octanol–water partition coefficient (Wildman–Crippen LogP) is 2.77. The molecule has 0 saturated heterocycles. The van der Waals surface area contributed by atoms with Crippen LogP contribution in [0.15, 0.2) is 12.1 Å². The number of hydrogen-bond acceptors (Lipinski definition) is 2. The van der Waals surface area contributed by atoms with Gasteiger partial charge in [0.1, 0.15) is 5.75 Å². The quantitative estimate of drug-likeness (QED) is 0.787. The highest BCUT2D eigenvalue weighted by atomic mass is 16.5. The molecule has 1 N–H and O–H groups in total. The van der Waals surface area contributed by atoms with Crippen molar-refractivity contribution < 1.29 is 9.53 Å². The molecule has 0 radical (unpaired) electrons. The van der Waals surface area contributed by atoms with Gasteiger partial charge in [0, 0.05) is 12.1 Å². The first-order valence-electron chi connectivity index (χ1n) is 6.49. The van der Waals surface area contributed by atoms with Crippen molar-refractivity contribution in [1.29, 1.82) is 0 Å². The summed E-state index contributed by atoms with van der Waals surface area (Å²) in [5, 5.41) is 2.93. The summed E-state index contributed by atoms with van der Waals surface area (Å²) < 4.78 is 5.38. The van der Waals surface area contributed by atoms with E-state index in [4.69, 9.17) is 4.74 Å². The van der Waals surface area contributed by atoms with Crippen molar-refractivity contribution in [3.8, 4) is 5.75 Å². The third-order valence-electron chi connectivity index (χ3n) is 2.90. The third-order valence-corrected chi connectivity index (χ3v) is 2.90. The fraction of sp³-hybridized carbons (Fsp3) is 0.533. The number of amides is 1. The minimum atomic E-state index is 0.0618. The molecule has 3 nitrogen and oxygen atoms in total. The standard InChI is InChI=1S/C15H23NO2/c1-5-6-7-16-14(17)10-13-9-11(2)8-12(3)15(13)18-4/h8-9H,5-7,10H2,1-4H3,(H,16,17). The molecule has 1 rings (SSSR count). The number of hydrogen-bond donors (Lipinski definition) is 1. The van der Waals surface area contributed by atoms with Crippen LogP contribution in [0.4, 0.5) is 0 Å². The Bertz CT molecular complexity index is 413. The van der Waals surface area contributed by atoms with Crippen LogP contribution < -0.4 is 10.1 Å². The summed E-state index contributed by atoms with van der Waals surface area (Å²) >= 11 is 0. The number of rotatable bonds is 6. The summed E-state index contributed by atoms with van der Waals surface area (Å²) in [7, 11) is 1.65. The highest BCUT2D eigenvalue weighted by Crippen LogP contribution is 2.25. The van der Waals surface area contributed by atoms with E-state index in [9.17, 15) is 4.79 Å². The average Bonchev–Trinajstić information content (AvgIpc) is 2.28. The Morgan fingerprint density at radius 3 is 2.67 bits per heavy atom. The number of aryl methyl sites for hydroxylation is 2. The van der Waals surface area contributed by atoms with E-state index < -0.39 is 0 Å². The lowest BCUT2D eigenvalue weighted by molar-refractivity contribution is -0.120.